The highest BCUT2D eigenvalue weighted by atomic mass is 16.4. The first-order valence-corrected chi connectivity index (χ1v) is 5.81. The number of rotatable bonds is 2. The molecule has 1 heterocycles. The summed E-state index contributed by atoms with van der Waals surface area (Å²) in [5.41, 5.74) is -2.59. The zero-order valence-electron chi connectivity index (χ0n) is 10.4. The molecule has 2 atom stereocenters. The molecule has 0 saturated carbocycles. The van der Waals surface area contributed by atoms with Crippen molar-refractivity contribution in [2.75, 3.05) is 6.54 Å². The quantitative estimate of drug-likeness (QED) is 0.743. The number of likely N-dealkylation sites (tertiary alicyclic amines) is 1. The molecular weight excluding hydrogens is 250 g/mol. The Morgan fingerprint density at radius 2 is 1.79 bits per heavy atom. The fourth-order valence-electron chi connectivity index (χ4n) is 2.57. The van der Waals surface area contributed by atoms with E-state index >= 15 is 0 Å². The molecule has 1 aromatic carbocycles. The normalized spacial score (nSPS) is 30.3. The van der Waals surface area contributed by atoms with Crippen LogP contribution in [-0.2, 0) is 10.4 Å². The third-order valence-electron chi connectivity index (χ3n) is 3.65. The van der Waals surface area contributed by atoms with Crippen molar-refractivity contribution < 1.29 is 24.9 Å². The fourth-order valence-corrected chi connectivity index (χ4v) is 2.57. The van der Waals surface area contributed by atoms with E-state index in [0.717, 1.165) is 4.90 Å². The molecule has 1 fully saturated rings. The van der Waals surface area contributed by atoms with E-state index in [1.165, 1.54) is 6.92 Å². The number of carboxylic acid groups (broad SMARTS) is 2. The van der Waals surface area contributed by atoms with E-state index in [0.29, 0.717) is 5.56 Å². The van der Waals surface area contributed by atoms with E-state index in [2.05, 4.69) is 0 Å². The van der Waals surface area contributed by atoms with Gasteiger partial charge in [0.25, 0.3) is 0 Å². The molecule has 1 amide bonds. The van der Waals surface area contributed by atoms with Crippen molar-refractivity contribution in [3.8, 4) is 0 Å². The molecule has 3 N–H and O–H groups in total. The summed E-state index contributed by atoms with van der Waals surface area (Å²) in [4.78, 5) is 23.3. The number of aliphatic hydroxyl groups is 1. The highest BCUT2D eigenvalue weighted by molar-refractivity contribution is 5.84. The van der Waals surface area contributed by atoms with Gasteiger partial charge in [-0.2, -0.15) is 0 Å². The maximum Gasteiger partial charge on any atom is 0.408 e. The number of nitrogens with zero attached hydrogens (tertiary/aromatic N) is 1. The van der Waals surface area contributed by atoms with Crippen LogP contribution in [0.15, 0.2) is 30.3 Å². The van der Waals surface area contributed by atoms with E-state index in [9.17, 15) is 19.8 Å². The number of β-amino-alcohol motifs (C(OH)–C–C–N with tert-alkyl or cyclic N) is 1. The Morgan fingerprint density at radius 1 is 1.21 bits per heavy atom. The van der Waals surface area contributed by atoms with Crippen LogP contribution < -0.4 is 0 Å². The van der Waals surface area contributed by atoms with Crippen molar-refractivity contribution in [2.45, 2.75) is 24.5 Å². The molecule has 0 spiro atoms. The van der Waals surface area contributed by atoms with Crippen LogP contribution in [0.3, 0.4) is 0 Å². The van der Waals surface area contributed by atoms with Crippen molar-refractivity contribution in [3.05, 3.63) is 35.9 Å². The molecular formula is C13H15NO5. The molecule has 0 aromatic heterocycles. The SMILES string of the molecule is C[C@@]1(C(=O)O)CC(O)(c2ccccc2)CN1C(=O)O. The first-order valence-electron chi connectivity index (χ1n) is 5.81. The Balaban J connectivity index is 2.43. The highest BCUT2D eigenvalue weighted by Gasteiger charge is 2.57. The molecule has 2 rings (SSSR count). The van der Waals surface area contributed by atoms with Crippen molar-refractivity contribution in [1.29, 1.82) is 0 Å². The standard InChI is InChI=1S/C13H15NO5/c1-12(10(15)16)7-13(19,8-14(12)11(17)18)9-5-3-2-4-6-9/h2-6,19H,7-8H2,1H3,(H,15,16)(H,17,18)/t12-,13?/m0/s1. The number of amides is 1. The molecule has 1 aliphatic rings. The molecule has 1 aromatic rings. The maximum absolute atomic E-state index is 11.3. The van der Waals surface area contributed by atoms with Crippen LogP contribution in [-0.4, -0.2) is 44.4 Å². The first-order chi connectivity index (χ1) is 8.79. The Morgan fingerprint density at radius 3 is 2.21 bits per heavy atom. The van der Waals surface area contributed by atoms with Crippen LogP contribution in [0.5, 0.6) is 0 Å². The molecule has 0 aliphatic carbocycles. The molecule has 6 heteroatoms. The number of hydrogen-bond donors (Lipinski definition) is 3. The molecule has 1 unspecified atom stereocenters. The lowest BCUT2D eigenvalue weighted by Gasteiger charge is -2.27. The largest absolute Gasteiger partial charge is 0.480 e. The topological polar surface area (TPSA) is 98.1 Å². The van der Waals surface area contributed by atoms with E-state index < -0.39 is 23.2 Å². The molecule has 1 aliphatic heterocycles. The van der Waals surface area contributed by atoms with Gasteiger partial charge in [0, 0.05) is 6.42 Å². The van der Waals surface area contributed by atoms with Crippen LogP contribution in [0.1, 0.15) is 18.9 Å². The minimum Gasteiger partial charge on any atom is -0.480 e. The average molecular weight is 265 g/mol. The lowest BCUT2D eigenvalue weighted by Crippen LogP contribution is -2.50. The zero-order valence-corrected chi connectivity index (χ0v) is 10.4. The summed E-state index contributed by atoms with van der Waals surface area (Å²) in [5, 5.41) is 29.0. The summed E-state index contributed by atoms with van der Waals surface area (Å²) < 4.78 is 0. The third kappa shape index (κ3) is 2.04. The van der Waals surface area contributed by atoms with Gasteiger partial charge in [-0.05, 0) is 12.5 Å². The summed E-state index contributed by atoms with van der Waals surface area (Å²) in [6, 6.07) is 8.53. The van der Waals surface area contributed by atoms with Crippen LogP contribution in [0, 0.1) is 0 Å². The molecule has 19 heavy (non-hydrogen) atoms. The van der Waals surface area contributed by atoms with Crippen molar-refractivity contribution in [3.63, 3.8) is 0 Å². The Labute approximate surface area is 109 Å². The second kappa shape index (κ2) is 4.24. The number of carbonyl (C=O) groups is 2. The molecule has 1 saturated heterocycles. The fraction of sp³-hybridized carbons (Fsp3) is 0.385. The van der Waals surface area contributed by atoms with Crippen LogP contribution in [0.2, 0.25) is 0 Å². The van der Waals surface area contributed by atoms with E-state index in [1.54, 1.807) is 30.3 Å². The van der Waals surface area contributed by atoms with Gasteiger partial charge in [0.15, 0.2) is 0 Å². The summed E-state index contributed by atoms with van der Waals surface area (Å²) in [6.07, 6.45) is -1.53. The number of carboxylic acids is 1. The average Bonchev–Trinajstić information content (AvgIpc) is 2.65. The van der Waals surface area contributed by atoms with E-state index in [-0.39, 0.29) is 13.0 Å². The zero-order chi connectivity index (χ0) is 14.3. The second-order valence-corrected chi connectivity index (χ2v) is 5.02. The summed E-state index contributed by atoms with van der Waals surface area (Å²) >= 11 is 0. The van der Waals surface area contributed by atoms with E-state index in [1.807, 2.05) is 0 Å². The van der Waals surface area contributed by atoms with Gasteiger partial charge in [-0.1, -0.05) is 30.3 Å². The van der Waals surface area contributed by atoms with Gasteiger partial charge in [-0.15, -0.1) is 0 Å². The Hall–Kier alpha value is -2.08. The van der Waals surface area contributed by atoms with Crippen LogP contribution in [0.25, 0.3) is 0 Å². The minimum atomic E-state index is -1.63. The molecule has 6 nitrogen and oxygen atoms in total. The predicted octanol–water partition coefficient (Wildman–Crippen LogP) is 1.10. The first kappa shape index (κ1) is 13.4. The van der Waals surface area contributed by atoms with Crippen molar-refractivity contribution in [1.82, 2.24) is 4.90 Å². The monoisotopic (exact) mass is 265 g/mol. The van der Waals surface area contributed by atoms with Gasteiger partial charge in [-0.3, -0.25) is 4.90 Å². The summed E-state index contributed by atoms with van der Waals surface area (Å²) in [5.74, 6) is -1.26. The van der Waals surface area contributed by atoms with Gasteiger partial charge >= 0.3 is 12.1 Å². The molecule has 102 valence electrons. The Bertz CT molecular complexity index is 517. The van der Waals surface area contributed by atoms with Gasteiger partial charge < -0.3 is 15.3 Å². The van der Waals surface area contributed by atoms with Crippen LogP contribution >= 0.6 is 0 Å². The number of benzene rings is 1. The summed E-state index contributed by atoms with van der Waals surface area (Å²) in [6.45, 7) is 1.06. The molecule has 0 bridgehead atoms. The maximum atomic E-state index is 11.3. The predicted molar refractivity (Wildman–Crippen MR) is 65.7 cm³/mol. The van der Waals surface area contributed by atoms with Gasteiger partial charge in [0.2, 0.25) is 0 Å². The van der Waals surface area contributed by atoms with Gasteiger partial charge in [-0.25, -0.2) is 9.59 Å². The minimum absolute atomic E-state index is 0.175. The van der Waals surface area contributed by atoms with Gasteiger partial charge in [0.1, 0.15) is 11.1 Å². The molecule has 0 radical (unpaired) electrons. The lowest BCUT2D eigenvalue weighted by molar-refractivity contribution is -0.147. The van der Waals surface area contributed by atoms with Crippen LogP contribution in [0.4, 0.5) is 4.79 Å². The van der Waals surface area contributed by atoms with Gasteiger partial charge in [0.05, 0.1) is 6.54 Å². The van der Waals surface area contributed by atoms with Crippen molar-refractivity contribution >= 4 is 12.1 Å². The van der Waals surface area contributed by atoms with E-state index in [4.69, 9.17) is 5.11 Å². The lowest BCUT2D eigenvalue weighted by atomic mass is 9.86. The van der Waals surface area contributed by atoms with Crippen molar-refractivity contribution in [2.24, 2.45) is 0 Å². The number of hydrogen-bond acceptors (Lipinski definition) is 3. The second-order valence-electron chi connectivity index (χ2n) is 5.02. The smallest absolute Gasteiger partial charge is 0.408 e. The highest BCUT2D eigenvalue weighted by Crippen LogP contribution is 2.42. The third-order valence-corrected chi connectivity index (χ3v) is 3.65. The summed E-state index contributed by atoms with van der Waals surface area (Å²) in [7, 11) is 0. The number of aliphatic carboxylic acids is 1. The Kier molecular flexibility index (Phi) is 2.98.